The van der Waals surface area contributed by atoms with E-state index in [1.807, 2.05) is 41.0 Å². The lowest BCUT2D eigenvalue weighted by Crippen LogP contribution is -2.47. The number of carbonyl (C=O) groups is 1. The number of aryl methyl sites for hydroxylation is 1. The fraction of sp³-hybridized carbons (Fsp3) is 0.375. The summed E-state index contributed by atoms with van der Waals surface area (Å²) >= 11 is 0. The average molecular weight is 407 g/mol. The summed E-state index contributed by atoms with van der Waals surface area (Å²) in [5.74, 6) is 0.660. The second kappa shape index (κ2) is 9.32. The number of aromatic nitrogens is 1. The predicted octanol–water partition coefficient (Wildman–Crippen LogP) is 2.63. The molecule has 4 rings (SSSR count). The van der Waals surface area contributed by atoms with Crippen molar-refractivity contribution in [1.82, 2.24) is 14.4 Å². The standard InChI is InChI=1S/C24H30N4O2/c1-19-6-2-5-9-23(19)30-15-14-26-10-12-27(13-11-26)16-20-17-28(18-24(25)29)22-8-4-3-7-21(20)22/h2-9,17H,10-16,18H2,1H3,(H2,25,29). The highest BCUT2D eigenvalue weighted by molar-refractivity contribution is 5.85. The Bertz CT molecular complexity index is 1010. The number of piperazine rings is 1. The van der Waals surface area contributed by atoms with Gasteiger partial charge in [-0.05, 0) is 30.2 Å². The second-order valence-electron chi connectivity index (χ2n) is 8.00. The Kier molecular flexibility index (Phi) is 6.35. The first-order valence-corrected chi connectivity index (χ1v) is 10.6. The van der Waals surface area contributed by atoms with Gasteiger partial charge < -0.3 is 15.0 Å². The van der Waals surface area contributed by atoms with Crippen molar-refractivity contribution >= 4 is 16.8 Å². The lowest BCUT2D eigenvalue weighted by atomic mass is 10.1. The van der Waals surface area contributed by atoms with Crippen LogP contribution in [0.3, 0.4) is 0 Å². The van der Waals surface area contributed by atoms with Crippen LogP contribution in [-0.2, 0) is 17.9 Å². The van der Waals surface area contributed by atoms with Crippen molar-refractivity contribution in [1.29, 1.82) is 0 Å². The molecule has 0 aliphatic carbocycles. The number of hydrogen-bond acceptors (Lipinski definition) is 4. The van der Waals surface area contributed by atoms with Gasteiger partial charge in [0.25, 0.3) is 0 Å². The van der Waals surface area contributed by atoms with Gasteiger partial charge >= 0.3 is 0 Å². The molecule has 1 aliphatic heterocycles. The van der Waals surface area contributed by atoms with Gasteiger partial charge in [0.15, 0.2) is 0 Å². The van der Waals surface area contributed by atoms with Crippen molar-refractivity contribution in [2.24, 2.45) is 5.73 Å². The van der Waals surface area contributed by atoms with Gasteiger partial charge in [-0.1, -0.05) is 36.4 Å². The Morgan fingerprint density at radius 1 is 1.00 bits per heavy atom. The number of carbonyl (C=O) groups excluding carboxylic acids is 1. The minimum Gasteiger partial charge on any atom is -0.492 e. The molecule has 158 valence electrons. The van der Waals surface area contributed by atoms with Crippen LogP contribution in [0.15, 0.2) is 54.7 Å². The molecule has 3 aromatic rings. The Balaban J connectivity index is 1.30. The van der Waals surface area contributed by atoms with E-state index in [2.05, 4.69) is 35.1 Å². The van der Waals surface area contributed by atoms with Gasteiger partial charge in [0.05, 0.1) is 0 Å². The van der Waals surface area contributed by atoms with Gasteiger partial charge in [-0.2, -0.15) is 0 Å². The highest BCUT2D eigenvalue weighted by Crippen LogP contribution is 2.23. The number of benzene rings is 2. The fourth-order valence-electron chi connectivity index (χ4n) is 4.16. The summed E-state index contributed by atoms with van der Waals surface area (Å²) in [7, 11) is 0. The minimum absolute atomic E-state index is 0.217. The first-order chi connectivity index (χ1) is 14.6. The quantitative estimate of drug-likeness (QED) is 0.625. The molecule has 0 saturated carbocycles. The van der Waals surface area contributed by atoms with E-state index in [-0.39, 0.29) is 12.5 Å². The monoisotopic (exact) mass is 406 g/mol. The van der Waals surface area contributed by atoms with Gasteiger partial charge in [-0.15, -0.1) is 0 Å². The van der Waals surface area contributed by atoms with Gasteiger partial charge in [-0.3, -0.25) is 14.6 Å². The third kappa shape index (κ3) is 4.83. The smallest absolute Gasteiger partial charge is 0.237 e. The van der Waals surface area contributed by atoms with Crippen molar-refractivity contribution in [3.8, 4) is 5.75 Å². The van der Waals surface area contributed by atoms with E-state index < -0.39 is 0 Å². The van der Waals surface area contributed by atoms with E-state index in [0.29, 0.717) is 6.61 Å². The Hall–Kier alpha value is -2.83. The maximum Gasteiger partial charge on any atom is 0.237 e. The number of primary amides is 1. The molecule has 1 aliphatic rings. The van der Waals surface area contributed by atoms with Gasteiger partial charge in [0, 0.05) is 56.4 Å². The van der Waals surface area contributed by atoms with E-state index in [9.17, 15) is 4.79 Å². The molecule has 1 fully saturated rings. The molecule has 1 amide bonds. The van der Waals surface area contributed by atoms with Crippen LogP contribution in [0.1, 0.15) is 11.1 Å². The van der Waals surface area contributed by atoms with Crippen LogP contribution in [0.25, 0.3) is 10.9 Å². The molecule has 30 heavy (non-hydrogen) atoms. The molecule has 0 unspecified atom stereocenters. The predicted molar refractivity (Wildman–Crippen MR) is 120 cm³/mol. The first kappa shape index (κ1) is 20.4. The zero-order chi connectivity index (χ0) is 20.9. The zero-order valence-corrected chi connectivity index (χ0v) is 17.6. The Labute approximate surface area is 177 Å². The van der Waals surface area contributed by atoms with Crippen molar-refractivity contribution in [3.05, 3.63) is 65.9 Å². The summed E-state index contributed by atoms with van der Waals surface area (Å²) in [5.41, 5.74) is 8.92. The summed E-state index contributed by atoms with van der Waals surface area (Å²) in [5, 5.41) is 1.20. The molecular weight excluding hydrogens is 376 g/mol. The van der Waals surface area contributed by atoms with Crippen molar-refractivity contribution in [2.45, 2.75) is 20.0 Å². The number of para-hydroxylation sites is 2. The highest BCUT2D eigenvalue weighted by Gasteiger charge is 2.19. The van der Waals surface area contributed by atoms with Crippen molar-refractivity contribution < 1.29 is 9.53 Å². The maximum atomic E-state index is 11.4. The minimum atomic E-state index is -0.316. The molecule has 2 aromatic carbocycles. The van der Waals surface area contributed by atoms with Crippen molar-refractivity contribution in [3.63, 3.8) is 0 Å². The molecule has 0 atom stereocenters. The van der Waals surface area contributed by atoms with Crippen LogP contribution in [0.4, 0.5) is 0 Å². The average Bonchev–Trinajstić information content (AvgIpc) is 3.07. The molecule has 2 heterocycles. The van der Waals surface area contributed by atoms with Crippen LogP contribution in [0.5, 0.6) is 5.75 Å². The van der Waals surface area contributed by atoms with E-state index in [1.54, 1.807) is 0 Å². The lowest BCUT2D eigenvalue weighted by molar-refractivity contribution is -0.118. The molecule has 2 N–H and O–H groups in total. The fourth-order valence-corrected chi connectivity index (χ4v) is 4.16. The topological polar surface area (TPSA) is 63.7 Å². The van der Waals surface area contributed by atoms with Crippen molar-refractivity contribution in [2.75, 3.05) is 39.3 Å². The van der Waals surface area contributed by atoms with E-state index >= 15 is 0 Å². The number of ether oxygens (including phenoxy) is 1. The molecular formula is C24H30N4O2. The van der Waals surface area contributed by atoms with Gasteiger partial charge in [0.1, 0.15) is 18.9 Å². The maximum absolute atomic E-state index is 11.4. The zero-order valence-electron chi connectivity index (χ0n) is 17.6. The van der Waals surface area contributed by atoms with Crippen LogP contribution in [0.2, 0.25) is 0 Å². The molecule has 1 saturated heterocycles. The molecule has 0 bridgehead atoms. The third-order valence-electron chi connectivity index (χ3n) is 5.81. The van der Waals surface area contributed by atoms with Crippen LogP contribution < -0.4 is 10.5 Å². The molecule has 6 nitrogen and oxygen atoms in total. The normalized spacial score (nSPS) is 15.5. The lowest BCUT2D eigenvalue weighted by Gasteiger charge is -2.34. The number of hydrogen-bond donors (Lipinski definition) is 1. The Morgan fingerprint density at radius 3 is 2.47 bits per heavy atom. The van der Waals surface area contributed by atoms with Crippen LogP contribution >= 0.6 is 0 Å². The summed E-state index contributed by atoms with van der Waals surface area (Å²) in [6.45, 7) is 8.97. The largest absolute Gasteiger partial charge is 0.492 e. The first-order valence-electron chi connectivity index (χ1n) is 10.6. The van der Waals surface area contributed by atoms with E-state index in [1.165, 1.54) is 16.5 Å². The number of fused-ring (bicyclic) bond motifs is 1. The number of nitrogens with zero attached hydrogens (tertiary/aromatic N) is 3. The summed E-state index contributed by atoms with van der Waals surface area (Å²) in [6, 6.07) is 16.4. The second-order valence-corrected chi connectivity index (χ2v) is 8.00. The van der Waals surface area contributed by atoms with E-state index in [0.717, 1.165) is 50.5 Å². The molecule has 6 heteroatoms. The van der Waals surface area contributed by atoms with Crippen LogP contribution in [0, 0.1) is 6.92 Å². The SMILES string of the molecule is Cc1ccccc1OCCN1CCN(Cc2cn(CC(N)=O)c3ccccc23)CC1. The number of amides is 1. The molecule has 0 radical (unpaired) electrons. The summed E-state index contributed by atoms with van der Waals surface area (Å²) in [6.07, 6.45) is 2.08. The summed E-state index contributed by atoms with van der Waals surface area (Å²) in [4.78, 5) is 16.4. The number of nitrogens with two attached hydrogens (primary N) is 1. The van der Waals surface area contributed by atoms with Crippen LogP contribution in [-0.4, -0.2) is 59.6 Å². The molecule has 0 spiro atoms. The highest BCUT2D eigenvalue weighted by atomic mass is 16.5. The number of rotatable bonds is 8. The summed E-state index contributed by atoms with van der Waals surface area (Å²) < 4.78 is 7.91. The van der Waals surface area contributed by atoms with Gasteiger partial charge in [0.2, 0.25) is 5.91 Å². The Morgan fingerprint density at radius 2 is 1.70 bits per heavy atom. The molecule has 1 aromatic heterocycles. The van der Waals surface area contributed by atoms with E-state index in [4.69, 9.17) is 10.5 Å². The third-order valence-corrected chi connectivity index (χ3v) is 5.81. The van der Waals surface area contributed by atoms with Gasteiger partial charge in [-0.25, -0.2) is 0 Å².